The van der Waals surface area contributed by atoms with Gasteiger partial charge in [0.2, 0.25) is 5.89 Å². The third kappa shape index (κ3) is 3.45. The van der Waals surface area contributed by atoms with Crippen LogP contribution in [0.25, 0.3) is 11.5 Å². The Morgan fingerprint density at radius 1 is 1.35 bits per heavy atom. The topological polar surface area (TPSA) is 61.6 Å². The van der Waals surface area contributed by atoms with Crippen molar-refractivity contribution in [3.05, 3.63) is 41.8 Å². The van der Waals surface area contributed by atoms with Gasteiger partial charge in [-0.2, -0.15) is 0 Å². The molecule has 20 heavy (non-hydrogen) atoms. The molecule has 1 heterocycles. The minimum Gasteiger partial charge on any atom is -0.457 e. The number of rotatable bonds is 5. The molecule has 2 aromatic rings. The number of carbonyl (C=O) groups is 1. The molecule has 1 atom stereocenters. The normalized spacial score (nSPS) is 12.2. The molecule has 5 nitrogen and oxygen atoms in total. The smallest absolute Gasteiger partial charge is 0.335 e. The molecule has 1 aromatic carbocycles. The van der Waals surface area contributed by atoms with Crippen molar-refractivity contribution >= 4 is 5.97 Å². The number of hydrogen-bond donors (Lipinski definition) is 0. The molecule has 0 spiro atoms. The highest BCUT2D eigenvalue weighted by Gasteiger charge is 2.14. The molecule has 0 aliphatic heterocycles. The lowest BCUT2D eigenvalue weighted by Gasteiger charge is -2.07. The first kappa shape index (κ1) is 14.3. The summed E-state index contributed by atoms with van der Waals surface area (Å²) in [6, 6.07) is 7.84. The third-order valence-electron chi connectivity index (χ3n) is 2.90. The summed E-state index contributed by atoms with van der Waals surface area (Å²) < 4.78 is 15.3. The van der Waals surface area contributed by atoms with Crippen molar-refractivity contribution < 1.29 is 18.7 Å². The summed E-state index contributed by atoms with van der Waals surface area (Å²) in [6.07, 6.45) is 0.901. The predicted molar refractivity (Wildman–Crippen MR) is 72.9 cm³/mol. The summed E-state index contributed by atoms with van der Waals surface area (Å²) in [6.45, 7) is 3.71. The molecule has 2 rings (SSSR count). The maximum absolute atomic E-state index is 11.5. The van der Waals surface area contributed by atoms with Crippen molar-refractivity contribution in [1.82, 2.24) is 4.98 Å². The highest BCUT2D eigenvalue weighted by Crippen LogP contribution is 2.19. The number of esters is 1. The summed E-state index contributed by atoms with van der Waals surface area (Å²) in [5, 5.41) is 0. The van der Waals surface area contributed by atoms with Gasteiger partial charge in [-0.05, 0) is 26.0 Å². The van der Waals surface area contributed by atoms with E-state index in [1.165, 1.54) is 18.9 Å². The van der Waals surface area contributed by atoms with E-state index in [-0.39, 0.29) is 6.61 Å². The summed E-state index contributed by atoms with van der Waals surface area (Å²) >= 11 is 0. The lowest BCUT2D eigenvalue weighted by atomic mass is 10.1. The maximum Gasteiger partial charge on any atom is 0.335 e. The van der Waals surface area contributed by atoms with Gasteiger partial charge in [-0.25, -0.2) is 9.78 Å². The molecule has 0 radical (unpaired) electrons. The minimum atomic E-state index is -0.585. The number of ether oxygens (including phenoxy) is 2. The van der Waals surface area contributed by atoms with Gasteiger partial charge in [-0.15, -0.1) is 0 Å². The van der Waals surface area contributed by atoms with Crippen LogP contribution in [0.5, 0.6) is 0 Å². The number of carbonyl (C=O) groups excluding carboxylic acids is 1. The third-order valence-corrected chi connectivity index (χ3v) is 2.90. The average molecular weight is 275 g/mol. The minimum absolute atomic E-state index is 0.0713. The Morgan fingerprint density at radius 2 is 2.05 bits per heavy atom. The molecule has 1 aromatic heterocycles. The number of nitrogens with zero attached hydrogens (tertiary/aromatic N) is 1. The molecule has 0 N–H and O–H groups in total. The van der Waals surface area contributed by atoms with Gasteiger partial charge in [0.05, 0.1) is 0 Å². The summed E-state index contributed by atoms with van der Waals surface area (Å²) in [5.41, 5.74) is 2.62. The van der Waals surface area contributed by atoms with E-state index in [0.717, 1.165) is 5.56 Å². The van der Waals surface area contributed by atoms with Gasteiger partial charge < -0.3 is 13.9 Å². The van der Waals surface area contributed by atoms with Crippen molar-refractivity contribution in [3.63, 3.8) is 0 Å². The molecule has 106 valence electrons. The molecule has 0 unspecified atom stereocenters. The Bertz CT molecular complexity index is 574. The largest absolute Gasteiger partial charge is 0.457 e. The van der Waals surface area contributed by atoms with Crippen LogP contribution in [0.2, 0.25) is 0 Å². The van der Waals surface area contributed by atoms with Crippen LogP contribution in [0.4, 0.5) is 0 Å². The van der Waals surface area contributed by atoms with E-state index >= 15 is 0 Å². The standard InChI is InChI=1S/C15H17NO4/c1-10-4-6-12(7-5-10)14-16-13(8-19-14)9-20-15(17)11(2)18-3/h4-8,11H,9H2,1-3H3/t11-/m0/s1. The molecular weight excluding hydrogens is 258 g/mol. The highest BCUT2D eigenvalue weighted by atomic mass is 16.6. The van der Waals surface area contributed by atoms with Gasteiger partial charge in [0, 0.05) is 12.7 Å². The van der Waals surface area contributed by atoms with Crippen LogP contribution in [-0.4, -0.2) is 24.2 Å². The molecular formula is C15H17NO4. The molecule has 0 aliphatic carbocycles. The molecule has 0 saturated carbocycles. The number of aromatic nitrogens is 1. The van der Waals surface area contributed by atoms with Crippen molar-refractivity contribution in [2.75, 3.05) is 7.11 Å². The Hall–Kier alpha value is -2.14. The molecule has 0 bridgehead atoms. The van der Waals surface area contributed by atoms with E-state index in [1.54, 1.807) is 6.92 Å². The van der Waals surface area contributed by atoms with E-state index in [4.69, 9.17) is 13.9 Å². The Labute approximate surface area is 117 Å². The van der Waals surface area contributed by atoms with Crippen molar-refractivity contribution in [1.29, 1.82) is 0 Å². The number of aryl methyl sites for hydroxylation is 1. The zero-order valence-electron chi connectivity index (χ0n) is 11.8. The number of benzene rings is 1. The van der Waals surface area contributed by atoms with Crippen LogP contribution in [0, 0.1) is 6.92 Å². The molecule has 5 heteroatoms. The molecule has 0 fully saturated rings. The first-order valence-corrected chi connectivity index (χ1v) is 6.31. The van der Waals surface area contributed by atoms with Gasteiger partial charge in [-0.3, -0.25) is 0 Å². The first-order valence-electron chi connectivity index (χ1n) is 6.31. The fourth-order valence-electron chi connectivity index (χ4n) is 1.56. The molecule has 0 saturated heterocycles. The van der Waals surface area contributed by atoms with Gasteiger partial charge in [0.1, 0.15) is 18.6 Å². The van der Waals surface area contributed by atoms with E-state index in [0.29, 0.717) is 11.6 Å². The summed E-state index contributed by atoms with van der Waals surface area (Å²) in [7, 11) is 1.46. The first-order chi connectivity index (χ1) is 9.60. The zero-order chi connectivity index (χ0) is 14.5. The Kier molecular flexibility index (Phi) is 4.53. The van der Waals surface area contributed by atoms with Gasteiger partial charge in [0.15, 0.2) is 6.10 Å². The van der Waals surface area contributed by atoms with E-state index in [1.807, 2.05) is 31.2 Å². The van der Waals surface area contributed by atoms with Crippen molar-refractivity contribution in [2.24, 2.45) is 0 Å². The highest BCUT2D eigenvalue weighted by molar-refractivity contribution is 5.74. The summed E-state index contributed by atoms with van der Waals surface area (Å²) in [4.78, 5) is 15.7. The second-order valence-electron chi connectivity index (χ2n) is 4.50. The lowest BCUT2D eigenvalue weighted by Crippen LogP contribution is -2.21. The van der Waals surface area contributed by atoms with Crippen LogP contribution in [-0.2, 0) is 20.9 Å². The number of hydrogen-bond acceptors (Lipinski definition) is 5. The second-order valence-corrected chi connectivity index (χ2v) is 4.50. The van der Waals surface area contributed by atoms with E-state index in [2.05, 4.69) is 4.98 Å². The van der Waals surface area contributed by atoms with Crippen LogP contribution < -0.4 is 0 Å². The van der Waals surface area contributed by atoms with Crippen molar-refractivity contribution in [2.45, 2.75) is 26.6 Å². The fourth-order valence-corrected chi connectivity index (χ4v) is 1.56. The Balaban J connectivity index is 1.99. The van der Waals surface area contributed by atoms with Crippen LogP contribution >= 0.6 is 0 Å². The van der Waals surface area contributed by atoms with Crippen molar-refractivity contribution in [3.8, 4) is 11.5 Å². The zero-order valence-corrected chi connectivity index (χ0v) is 11.8. The van der Waals surface area contributed by atoms with Gasteiger partial charge >= 0.3 is 5.97 Å². The van der Waals surface area contributed by atoms with E-state index in [9.17, 15) is 4.79 Å². The van der Waals surface area contributed by atoms with Crippen LogP contribution in [0.3, 0.4) is 0 Å². The van der Waals surface area contributed by atoms with Crippen LogP contribution in [0.15, 0.2) is 34.9 Å². The number of oxazole rings is 1. The van der Waals surface area contributed by atoms with Gasteiger partial charge in [-0.1, -0.05) is 17.7 Å². The lowest BCUT2D eigenvalue weighted by molar-refractivity contribution is -0.155. The Morgan fingerprint density at radius 3 is 2.70 bits per heavy atom. The van der Waals surface area contributed by atoms with E-state index < -0.39 is 12.1 Å². The maximum atomic E-state index is 11.5. The number of methoxy groups -OCH3 is 1. The second kappa shape index (κ2) is 6.34. The monoisotopic (exact) mass is 275 g/mol. The van der Waals surface area contributed by atoms with Gasteiger partial charge in [0.25, 0.3) is 0 Å². The molecule has 0 aliphatic rings. The van der Waals surface area contributed by atoms with Crippen LogP contribution in [0.1, 0.15) is 18.2 Å². The molecule has 0 amide bonds. The fraction of sp³-hybridized carbons (Fsp3) is 0.333. The quantitative estimate of drug-likeness (QED) is 0.785. The summed E-state index contributed by atoms with van der Waals surface area (Å²) in [5.74, 6) is 0.0863. The predicted octanol–water partition coefficient (Wildman–Crippen LogP) is 2.73. The SMILES string of the molecule is CO[C@@H](C)C(=O)OCc1coc(-c2ccc(C)cc2)n1. The average Bonchev–Trinajstić information content (AvgIpc) is 2.93.